The smallest absolute Gasteiger partial charge is 0.229 e. The zero-order valence-electron chi connectivity index (χ0n) is 17.4. The van der Waals surface area contributed by atoms with Crippen molar-refractivity contribution in [2.75, 3.05) is 11.9 Å². The Balaban J connectivity index is 1.42. The first-order valence-electron chi connectivity index (χ1n) is 10.0. The van der Waals surface area contributed by atoms with Crippen molar-refractivity contribution in [1.29, 1.82) is 0 Å². The van der Waals surface area contributed by atoms with E-state index in [0.29, 0.717) is 6.54 Å². The van der Waals surface area contributed by atoms with E-state index in [4.69, 9.17) is 4.98 Å². The fourth-order valence-electron chi connectivity index (χ4n) is 3.62. The lowest BCUT2D eigenvalue weighted by Crippen LogP contribution is -2.42. The molecule has 0 spiro atoms. The molecule has 2 heterocycles. The first kappa shape index (κ1) is 20.3. The quantitative estimate of drug-likeness (QED) is 0.643. The molecule has 1 aromatic heterocycles. The van der Waals surface area contributed by atoms with Crippen molar-refractivity contribution in [1.82, 2.24) is 9.88 Å². The van der Waals surface area contributed by atoms with Gasteiger partial charge in [-0.15, -0.1) is 11.3 Å². The van der Waals surface area contributed by atoms with E-state index >= 15 is 0 Å². The number of anilines is 1. The fourth-order valence-corrected chi connectivity index (χ4v) is 4.45. The van der Waals surface area contributed by atoms with Crippen LogP contribution < -0.4 is 5.32 Å². The molecule has 2 aromatic carbocycles. The largest absolute Gasteiger partial charge is 0.337 e. The lowest BCUT2D eigenvalue weighted by molar-refractivity contribution is -0.131. The summed E-state index contributed by atoms with van der Waals surface area (Å²) >= 11 is 1.61. The first-order valence-corrected chi connectivity index (χ1v) is 10.9. The number of likely N-dealkylation sites (tertiary alicyclic amines) is 1. The van der Waals surface area contributed by atoms with E-state index in [1.165, 1.54) is 0 Å². The summed E-state index contributed by atoms with van der Waals surface area (Å²) in [4.78, 5) is 31.4. The van der Waals surface area contributed by atoms with Gasteiger partial charge in [0.15, 0.2) is 0 Å². The Labute approximate surface area is 180 Å². The Morgan fingerprint density at radius 3 is 2.40 bits per heavy atom. The molecule has 1 saturated heterocycles. The standard InChI is InChI=1S/C24H25N3O2S/c1-24(2,3)27-14-18(13-21(27)28)22(29)25-19-11-9-16(10-12-19)20-15-30-23(26-20)17-7-5-4-6-8-17/h4-12,15,18H,13-14H2,1-3H3,(H,25,29). The van der Waals surface area contributed by atoms with Gasteiger partial charge in [-0.05, 0) is 32.9 Å². The van der Waals surface area contributed by atoms with Gasteiger partial charge in [0.05, 0.1) is 11.6 Å². The summed E-state index contributed by atoms with van der Waals surface area (Å²) in [6.07, 6.45) is 0.266. The van der Waals surface area contributed by atoms with Crippen molar-refractivity contribution in [3.8, 4) is 21.8 Å². The summed E-state index contributed by atoms with van der Waals surface area (Å²) in [5.74, 6) is -0.387. The highest BCUT2D eigenvalue weighted by Crippen LogP contribution is 2.30. The molecular formula is C24H25N3O2S. The van der Waals surface area contributed by atoms with Gasteiger partial charge < -0.3 is 10.2 Å². The fraction of sp³-hybridized carbons (Fsp3) is 0.292. The minimum atomic E-state index is -0.316. The Kier molecular flexibility index (Phi) is 5.43. The SMILES string of the molecule is CC(C)(C)N1CC(C(=O)Nc2ccc(-c3csc(-c4ccccc4)n3)cc2)CC1=O. The topological polar surface area (TPSA) is 62.3 Å². The molecule has 1 N–H and O–H groups in total. The molecule has 1 fully saturated rings. The Hall–Kier alpha value is -2.99. The van der Waals surface area contributed by atoms with Gasteiger partial charge in [-0.25, -0.2) is 4.98 Å². The van der Waals surface area contributed by atoms with Crippen LogP contribution in [0, 0.1) is 5.92 Å². The van der Waals surface area contributed by atoms with Crippen LogP contribution in [0.2, 0.25) is 0 Å². The third-order valence-corrected chi connectivity index (χ3v) is 6.17. The maximum Gasteiger partial charge on any atom is 0.229 e. The van der Waals surface area contributed by atoms with E-state index in [-0.39, 0.29) is 29.7 Å². The molecular weight excluding hydrogens is 394 g/mol. The molecule has 1 atom stereocenters. The van der Waals surface area contributed by atoms with Crippen LogP contribution in [0.15, 0.2) is 60.0 Å². The van der Waals surface area contributed by atoms with E-state index in [0.717, 1.165) is 27.5 Å². The van der Waals surface area contributed by atoms with E-state index in [2.05, 4.69) is 17.4 Å². The maximum absolute atomic E-state index is 12.6. The van der Waals surface area contributed by atoms with Crippen LogP contribution in [0.1, 0.15) is 27.2 Å². The predicted octanol–water partition coefficient (Wildman–Crippen LogP) is 5.06. The van der Waals surface area contributed by atoms with Crippen molar-refractivity contribution in [3.63, 3.8) is 0 Å². The average molecular weight is 420 g/mol. The van der Waals surface area contributed by atoms with Crippen molar-refractivity contribution in [2.24, 2.45) is 5.92 Å². The molecule has 1 aliphatic heterocycles. The zero-order valence-corrected chi connectivity index (χ0v) is 18.2. The Morgan fingerprint density at radius 1 is 1.07 bits per heavy atom. The number of thiazole rings is 1. The molecule has 4 rings (SSSR count). The van der Waals surface area contributed by atoms with E-state index in [9.17, 15) is 9.59 Å². The van der Waals surface area contributed by atoms with Gasteiger partial charge in [-0.1, -0.05) is 42.5 Å². The van der Waals surface area contributed by atoms with Crippen molar-refractivity contribution in [3.05, 3.63) is 60.0 Å². The molecule has 3 aromatic rings. The van der Waals surface area contributed by atoms with Crippen molar-refractivity contribution >= 4 is 28.8 Å². The normalized spacial score (nSPS) is 16.7. The van der Waals surface area contributed by atoms with Gasteiger partial charge >= 0.3 is 0 Å². The Bertz CT molecular complexity index is 1050. The second-order valence-electron chi connectivity index (χ2n) is 8.55. The summed E-state index contributed by atoms with van der Waals surface area (Å²) < 4.78 is 0. The molecule has 0 bridgehead atoms. The van der Waals surface area contributed by atoms with Crippen LogP contribution in [-0.4, -0.2) is 33.8 Å². The van der Waals surface area contributed by atoms with Gasteiger partial charge in [0.25, 0.3) is 0 Å². The zero-order chi connectivity index (χ0) is 21.3. The number of hydrogen-bond acceptors (Lipinski definition) is 4. The van der Waals surface area contributed by atoms with Crippen molar-refractivity contribution < 1.29 is 9.59 Å². The highest BCUT2D eigenvalue weighted by molar-refractivity contribution is 7.13. The monoisotopic (exact) mass is 419 g/mol. The average Bonchev–Trinajstić information content (AvgIpc) is 3.36. The lowest BCUT2D eigenvalue weighted by Gasteiger charge is -2.31. The van der Waals surface area contributed by atoms with Gasteiger partial charge in [-0.2, -0.15) is 0 Å². The lowest BCUT2D eigenvalue weighted by atomic mass is 10.1. The van der Waals surface area contributed by atoms with Gasteiger partial charge in [-0.3, -0.25) is 9.59 Å². The molecule has 0 saturated carbocycles. The number of benzene rings is 2. The minimum absolute atomic E-state index is 0.0377. The van der Waals surface area contributed by atoms with Gasteiger partial charge in [0, 0.05) is 40.7 Å². The number of carbonyl (C=O) groups excluding carboxylic acids is 2. The van der Waals surface area contributed by atoms with Crippen LogP contribution in [0.5, 0.6) is 0 Å². The molecule has 6 heteroatoms. The predicted molar refractivity (Wildman–Crippen MR) is 121 cm³/mol. The van der Waals surface area contributed by atoms with Gasteiger partial charge in [0.2, 0.25) is 11.8 Å². The summed E-state index contributed by atoms with van der Waals surface area (Å²) in [7, 11) is 0. The summed E-state index contributed by atoms with van der Waals surface area (Å²) in [6.45, 7) is 6.44. The van der Waals surface area contributed by atoms with Crippen molar-refractivity contribution in [2.45, 2.75) is 32.7 Å². The highest BCUT2D eigenvalue weighted by atomic mass is 32.1. The van der Waals surface area contributed by atoms with Crippen LogP contribution in [0.4, 0.5) is 5.69 Å². The number of hydrogen-bond donors (Lipinski definition) is 1. The second-order valence-corrected chi connectivity index (χ2v) is 9.40. The highest BCUT2D eigenvalue weighted by Gasteiger charge is 2.39. The third-order valence-electron chi connectivity index (χ3n) is 5.28. The van der Waals surface area contributed by atoms with E-state index in [1.54, 1.807) is 16.2 Å². The summed E-state index contributed by atoms with van der Waals surface area (Å²) in [5.41, 5.74) is 3.48. The number of amides is 2. The molecule has 1 aliphatic rings. The summed E-state index contributed by atoms with van der Waals surface area (Å²) in [6, 6.07) is 17.8. The molecule has 0 radical (unpaired) electrons. The molecule has 30 heavy (non-hydrogen) atoms. The van der Waals surface area contributed by atoms with Crippen LogP contribution in [0.3, 0.4) is 0 Å². The Morgan fingerprint density at radius 2 is 1.77 bits per heavy atom. The van der Waals surface area contributed by atoms with Gasteiger partial charge in [0.1, 0.15) is 5.01 Å². The second kappa shape index (κ2) is 8.03. The third kappa shape index (κ3) is 4.28. The maximum atomic E-state index is 12.6. The van der Waals surface area contributed by atoms with Crippen LogP contribution >= 0.6 is 11.3 Å². The minimum Gasteiger partial charge on any atom is -0.337 e. The molecule has 5 nitrogen and oxygen atoms in total. The number of nitrogens with one attached hydrogen (secondary N) is 1. The molecule has 154 valence electrons. The van der Waals surface area contributed by atoms with Crippen LogP contribution in [-0.2, 0) is 9.59 Å². The molecule has 0 aliphatic carbocycles. The van der Waals surface area contributed by atoms with Crippen LogP contribution in [0.25, 0.3) is 21.8 Å². The molecule has 1 unspecified atom stereocenters. The molecule has 2 amide bonds. The summed E-state index contributed by atoms with van der Waals surface area (Å²) in [5, 5.41) is 5.98. The van der Waals surface area contributed by atoms with E-state index < -0.39 is 0 Å². The first-order chi connectivity index (χ1) is 14.3. The number of nitrogens with zero attached hydrogens (tertiary/aromatic N) is 2. The van der Waals surface area contributed by atoms with E-state index in [1.807, 2.05) is 68.6 Å². The number of aromatic nitrogens is 1. The number of carbonyl (C=O) groups is 2. The number of rotatable bonds is 4.